The maximum atomic E-state index is 5.50. The summed E-state index contributed by atoms with van der Waals surface area (Å²) < 4.78 is 17.9. The van der Waals surface area contributed by atoms with Crippen LogP contribution in [0, 0.1) is 13.8 Å². The molecule has 7 heteroatoms. The van der Waals surface area contributed by atoms with Crippen LogP contribution >= 0.6 is 0 Å². The Hall–Kier alpha value is -1.73. The van der Waals surface area contributed by atoms with E-state index in [0.717, 1.165) is 17.0 Å². The van der Waals surface area contributed by atoms with Crippen molar-refractivity contribution in [3.63, 3.8) is 0 Å². The van der Waals surface area contributed by atoms with Crippen LogP contribution in [0.5, 0.6) is 0 Å². The van der Waals surface area contributed by atoms with Crippen molar-refractivity contribution in [1.82, 2.24) is 20.2 Å². The van der Waals surface area contributed by atoms with Crippen molar-refractivity contribution in [2.45, 2.75) is 40.5 Å². The number of ether oxygens (including phenoxy) is 2. The summed E-state index contributed by atoms with van der Waals surface area (Å²) in [7, 11) is 0. The van der Waals surface area contributed by atoms with Gasteiger partial charge in [0.2, 0.25) is 6.29 Å². The van der Waals surface area contributed by atoms with Gasteiger partial charge >= 0.3 is 0 Å². The van der Waals surface area contributed by atoms with Crippen LogP contribution < -0.4 is 0 Å². The molecule has 0 fully saturated rings. The number of nitrogens with zero attached hydrogens (tertiary/aromatic N) is 4. The maximum absolute atomic E-state index is 5.50. The first kappa shape index (κ1) is 14.7. The summed E-state index contributed by atoms with van der Waals surface area (Å²) in [6.45, 7) is 9.31. The summed E-state index contributed by atoms with van der Waals surface area (Å²) in [4.78, 5) is 0. The first-order chi connectivity index (χ1) is 9.65. The molecule has 2 rings (SSSR count). The maximum Gasteiger partial charge on any atom is 0.204 e. The van der Waals surface area contributed by atoms with Crippen molar-refractivity contribution in [1.29, 1.82) is 0 Å². The molecule has 0 N–H and O–H groups in total. The van der Waals surface area contributed by atoms with Crippen LogP contribution in [0.3, 0.4) is 0 Å². The van der Waals surface area contributed by atoms with E-state index in [2.05, 4.69) is 15.5 Å². The van der Waals surface area contributed by atoms with Gasteiger partial charge in [-0.25, -0.2) is 4.68 Å². The van der Waals surface area contributed by atoms with Crippen LogP contribution in [0.25, 0.3) is 0 Å². The molecule has 0 aliphatic carbocycles. The van der Waals surface area contributed by atoms with E-state index in [4.69, 9.17) is 14.0 Å². The van der Waals surface area contributed by atoms with E-state index in [1.54, 1.807) is 4.68 Å². The Balaban J connectivity index is 2.12. The third kappa shape index (κ3) is 3.23. The second-order valence-corrected chi connectivity index (χ2v) is 4.39. The lowest BCUT2D eigenvalue weighted by Crippen LogP contribution is -2.09. The molecule has 0 saturated heterocycles. The standard InChI is InChI=1S/C13H20N4O3/c1-5-18-13(19-6-2)12-8-17(16-14-12)7-11-9(3)15-20-10(11)4/h8,13H,5-7H2,1-4H3. The average Bonchev–Trinajstić information content (AvgIpc) is 3.01. The predicted octanol–water partition coefficient (Wildman–Crippen LogP) is 2.00. The quantitative estimate of drug-likeness (QED) is 0.722. The zero-order chi connectivity index (χ0) is 14.5. The van der Waals surface area contributed by atoms with E-state index in [1.165, 1.54) is 0 Å². The van der Waals surface area contributed by atoms with Gasteiger partial charge in [0, 0.05) is 18.8 Å². The smallest absolute Gasteiger partial charge is 0.204 e. The molecule has 0 bridgehead atoms. The van der Waals surface area contributed by atoms with Gasteiger partial charge in [0.05, 0.1) is 18.4 Å². The third-order valence-corrected chi connectivity index (χ3v) is 2.94. The molecule has 0 aliphatic heterocycles. The second kappa shape index (κ2) is 6.62. The summed E-state index contributed by atoms with van der Waals surface area (Å²) in [6.07, 6.45) is 1.35. The Bertz CT molecular complexity index is 524. The summed E-state index contributed by atoms with van der Waals surface area (Å²) >= 11 is 0. The molecule has 2 heterocycles. The molecule has 7 nitrogen and oxygen atoms in total. The molecule has 0 spiro atoms. The molecule has 20 heavy (non-hydrogen) atoms. The fourth-order valence-corrected chi connectivity index (χ4v) is 1.91. The van der Waals surface area contributed by atoms with Crippen molar-refractivity contribution in [3.05, 3.63) is 28.9 Å². The molecule has 0 aliphatic rings. The molecule has 0 saturated carbocycles. The Morgan fingerprint density at radius 3 is 2.50 bits per heavy atom. The molecular weight excluding hydrogens is 260 g/mol. The molecule has 0 aromatic carbocycles. The van der Waals surface area contributed by atoms with Crippen LogP contribution in [0.4, 0.5) is 0 Å². The average molecular weight is 280 g/mol. The SMILES string of the molecule is CCOC(OCC)c1cn(Cc2c(C)noc2C)nn1. The highest BCUT2D eigenvalue weighted by atomic mass is 16.7. The van der Waals surface area contributed by atoms with Gasteiger partial charge in [0.25, 0.3) is 0 Å². The van der Waals surface area contributed by atoms with Crippen LogP contribution in [0.2, 0.25) is 0 Å². The van der Waals surface area contributed by atoms with Gasteiger partial charge in [-0.3, -0.25) is 0 Å². The van der Waals surface area contributed by atoms with E-state index in [9.17, 15) is 0 Å². The number of aromatic nitrogens is 4. The van der Waals surface area contributed by atoms with E-state index < -0.39 is 6.29 Å². The van der Waals surface area contributed by atoms with Crippen LogP contribution in [0.1, 0.15) is 42.8 Å². The Kier molecular flexibility index (Phi) is 4.86. The monoisotopic (exact) mass is 280 g/mol. The van der Waals surface area contributed by atoms with Crippen molar-refractivity contribution >= 4 is 0 Å². The normalized spacial score (nSPS) is 11.4. The lowest BCUT2D eigenvalue weighted by molar-refractivity contribution is -0.142. The van der Waals surface area contributed by atoms with Crippen molar-refractivity contribution in [2.24, 2.45) is 0 Å². The Morgan fingerprint density at radius 2 is 1.95 bits per heavy atom. The van der Waals surface area contributed by atoms with Crippen molar-refractivity contribution in [3.8, 4) is 0 Å². The number of hydrogen-bond acceptors (Lipinski definition) is 6. The minimum Gasteiger partial charge on any atom is -0.361 e. The first-order valence-corrected chi connectivity index (χ1v) is 6.70. The van der Waals surface area contributed by atoms with Gasteiger partial charge < -0.3 is 14.0 Å². The van der Waals surface area contributed by atoms with Crippen LogP contribution in [0.15, 0.2) is 10.7 Å². The molecule has 0 amide bonds. The molecule has 110 valence electrons. The topological polar surface area (TPSA) is 75.2 Å². The van der Waals surface area contributed by atoms with E-state index >= 15 is 0 Å². The highest BCUT2D eigenvalue weighted by molar-refractivity contribution is 5.20. The van der Waals surface area contributed by atoms with E-state index in [1.807, 2.05) is 33.9 Å². The predicted molar refractivity (Wildman–Crippen MR) is 71.1 cm³/mol. The highest BCUT2D eigenvalue weighted by Crippen LogP contribution is 2.18. The summed E-state index contributed by atoms with van der Waals surface area (Å²) in [6, 6.07) is 0. The number of hydrogen-bond donors (Lipinski definition) is 0. The van der Waals surface area contributed by atoms with E-state index in [-0.39, 0.29) is 0 Å². The van der Waals surface area contributed by atoms with Gasteiger partial charge in [-0.1, -0.05) is 10.4 Å². The fourth-order valence-electron chi connectivity index (χ4n) is 1.91. The van der Waals surface area contributed by atoms with Crippen LogP contribution in [-0.2, 0) is 16.0 Å². The molecule has 2 aromatic heterocycles. The molecule has 2 aromatic rings. The van der Waals surface area contributed by atoms with E-state index in [0.29, 0.717) is 25.5 Å². The summed E-state index contributed by atoms with van der Waals surface area (Å²) in [5, 5.41) is 12.1. The largest absolute Gasteiger partial charge is 0.361 e. The first-order valence-electron chi connectivity index (χ1n) is 6.70. The Morgan fingerprint density at radius 1 is 1.25 bits per heavy atom. The second-order valence-electron chi connectivity index (χ2n) is 4.39. The highest BCUT2D eigenvalue weighted by Gasteiger charge is 2.17. The van der Waals surface area contributed by atoms with Gasteiger partial charge in [0.15, 0.2) is 0 Å². The van der Waals surface area contributed by atoms with Crippen molar-refractivity contribution < 1.29 is 14.0 Å². The molecule has 0 unspecified atom stereocenters. The lowest BCUT2D eigenvalue weighted by atomic mass is 10.2. The minimum absolute atomic E-state index is 0.469. The van der Waals surface area contributed by atoms with Gasteiger partial charge in [-0.2, -0.15) is 0 Å². The Labute approximate surface area is 117 Å². The zero-order valence-electron chi connectivity index (χ0n) is 12.3. The minimum atomic E-state index is -0.469. The zero-order valence-corrected chi connectivity index (χ0v) is 12.3. The van der Waals surface area contributed by atoms with Gasteiger partial charge in [-0.05, 0) is 27.7 Å². The number of rotatable bonds is 7. The lowest BCUT2D eigenvalue weighted by Gasteiger charge is -2.13. The van der Waals surface area contributed by atoms with Crippen LogP contribution in [-0.4, -0.2) is 33.4 Å². The molecular formula is C13H20N4O3. The molecule has 0 radical (unpaired) electrons. The van der Waals surface area contributed by atoms with Gasteiger partial charge in [-0.15, -0.1) is 5.10 Å². The third-order valence-electron chi connectivity index (χ3n) is 2.94. The summed E-state index contributed by atoms with van der Waals surface area (Å²) in [5.41, 5.74) is 2.55. The summed E-state index contributed by atoms with van der Waals surface area (Å²) in [5.74, 6) is 0.797. The number of aryl methyl sites for hydroxylation is 2. The van der Waals surface area contributed by atoms with Gasteiger partial charge in [0.1, 0.15) is 11.5 Å². The molecule has 0 atom stereocenters. The van der Waals surface area contributed by atoms with Crippen molar-refractivity contribution in [2.75, 3.05) is 13.2 Å². The fraction of sp³-hybridized carbons (Fsp3) is 0.615.